The number of aromatic nitrogens is 3. The topological polar surface area (TPSA) is 60.2 Å². The van der Waals surface area contributed by atoms with Gasteiger partial charge < -0.3 is 9.84 Å². The van der Waals surface area contributed by atoms with Crippen LogP contribution in [0.4, 0.5) is 0 Å². The molecule has 90 valence electrons. The van der Waals surface area contributed by atoms with Crippen LogP contribution in [-0.4, -0.2) is 27.2 Å². The Morgan fingerprint density at radius 2 is 2.18 bits per heavy atom. The highest BCUT2D eigenvalue weighted by atomic mass is 16.5. The van der Waals surface area contributed by atoms with E-state index in [-0.39, 0.29) is 0 Å². The van der Waals surface area contributed by atoms with Gasteiger partial charge in [-0.3, -0.25) is 0 Å². The van der Waals surface area contributed by atoms with E-state index in [1.165, 1.54) is 0 Å². The molecule has 17 heavy (non-hydrogen) atoms. The van der Waals surface area contributed by atoms with Crippen molar-refractivity contribution in [3.63, 3.8) is 0 Å². The Labute approximate surface area is 99.7 Å². The molecule has 0 saturated heterocycles. The summed E-state index contributed by atoms with van der Waals surface area (Å²) >= 11 is 0. The molecule has 0 bridgehead atoms. The average molecular weight is 233 g/mol. The molecular formula is C12H15N3O2. The van der Waals surface area contributed by atoms with E-state index < -0.39 is 5.60 Å². The molecule has 1 heterocycles. The Morgan fingerprint density at radius 1 is 1.41 bits per heavy atom. The quantitative estimate of drug-likeness (QED) is 0.861. The molecule has 1 N–H and O–H groups in total. The maximum Gasteiger partial charge on any atom is 0.130 e. The fourth-order valence-electron chi connectivity index (χ4n) is 1.80. The van der Waals surface area contributed by atoms with Gasteiger partial charge in [-0.05, 0) is 24.6 Å². The van der Waals surface area contributed by atoms with Crippen molar-refractivity contribution in [1.29, 1.82) is 0 Å². The van der Waals surface area contributed by atoms with E-state index in [4.69, 9.17) is 4.74 Å². The summed E-state index contributed by atoms with van der Waals surface area (Å²) in [4.78, 5) is 0. The van der Waals surface area contributed by atoms with Crippen molar-refractivity contribution in [2.75, 3.05) is 7.11 Å². The van der Waals surface area contributed by atoms with Gasteiger partial charge in [0.1, 0.15) is 11.4 Å². The first-order chi connectivity index (χ1) is 8.05. The zero-order valence-electron chi connectivity index (χ0n) is 10.1. The summed E-state index contributed by atoms with van der Waals surface area (Å²) in [6.45, 7) is 1.71. The molecule has 1 aromatic heterocycles. The van der Waals surface area contributed by atoms with Gasteiger partial charge in [0.2, 0.25) is 0 Å². The zero-order valence-corrected chi connectivity index (χ0v) is 10.1. The maximum atomic E-state index is 10.6. The molecule has 1 aromatic carbocycles. The van der Waals surface area contributed by atoms with Crippen LogP contribution in [-0.2, 0) is 12.6 Å². The highest BCUT2D eigenvalue weighted by Gasteiger charge is 2.29. The van der Waals surface area contributed by atoms with Gasteiger partial charge in [0.15, 0.2) is 0 Å². The molecule has 0 saturated carbocycles. The molecule has 2 rings (SSSR count). The second-order valence-corrected chi connectivity index (χ2v) is 4.05. The third-order valence-corrected chi connectivity index (χ3v) is 2.85. The summed E-state index contributed by atoms with van der Waals surface area (Å²) in [5, 5.41) is 18.2. The fraction of sp³-hybridized carbons (Fsp3) is 0.333. The number of hydrogen-bond acceptors (Lipinski definition) is 4. The van der Waals surface area contributed by atoms with Crippen molar-refractivity contribution < 1.29 is 9.84 Å². The van der Waals surface area contributed by atoms with Crippen LogP contribution in [0.1, 0.15) is 18.2 Å². The number of benzene rings is 1. The Hall–Kier alpha value is -1.88. The first-order valence-electron chi connectivity index (χ1n) is 5.28. The number of hydrogen-bond donors (Lipinski definition) is 1. The number of rotatable bonds is 3. The third-order valence-electron chi connectivity index (χ3n) is 2.85. The normalized spacial score (nSPS) is 14.4. The number of ether oxygens (including phenoxy) is 1. The fourth-order valence-corrected chi connectivity index (χ4v) is 1.80. The molecule has 0 spiro atoms. The Bertz CT molecular complexity index is 520. The Kier molecular flexibility index (Phi) is 2.85. The zero-order chi connectivity index (χ0) is 12.5. The molecule has 0 aliphatic rings. The van der Waals surface area contributed by atoms with Gasteiger partial charge in [0, 0.05) is 7.05 Å². The Balaban J connectivity index is 2.47. The van der Waals surface area contributed by atoms with Gasteiger partial charge in [-0.1, -0.05) is 17.3 Å². The van der Waals surface area contributed by atoms with Gasteiger partial charge in [-0.2, -0.15) is 0 Å². The lowest BCUT2D eigenvalue weighted by atomic mass is 9.93. The van der Waals surface area contributed by atoms with E-state index >= 15 is 0 Å². The summed E-state index contributed by atoms with van der Waals surface area (Å²) in [7, 11) is 3.34. The van der Waals surface area contributed by atoms with E-state index in [0.29, 0.717) is 11.4 Å². The van der Waals surface area contributed by atoms with Crippen LogP contribution in [0, 0.1) is 0 Å². The lowest BCUT2D eigenvalue weighted by Gasteiger charge is -2.23. The van der Waals surface area contributed by atoms with Crippen LogP contribution in [0.5, 0.6) is 5.75 Å². The lowest BCUT2D eigenvalue weighted by molar-refractivity contribution is 0.0926. The number of nitrogens with zero attached hydrogens (tertiary/aromatic N) is 3. The van der Waals surface area contributed by atoms with Crippen LogP contribution in [0.3, 0.4) is 0 Å². The molecule has 0 aliphatic carbocycles. The summed E-state index contributed by atoms with van der Waals surface area (Å²) in [6.07, 6.45) is 1.56. The standard InChI is InChI=1S/C12H15N3O2/c1-12(16,11-8-13-14-15(11)2)9-5-4-6-10(7-9)17-3/h4-8,16H,1-3H3. The van der Waals surface area contributed by atoms with Crippen LogP contribution < -0.4 is 4.74 Å². The minimum atomic E-state index is -1.15. The minimum Gasteiger partial charge on any atom is -0.497 e. The van der Waals surface area contributed by atoms with Crippen molar-refractivity contribution in [1.82, 2.24) is 15.0 Å². The second-order valence-electron chi connectivity index (χ2n) is 4.05. The molecular weight excluding hydrogens is 218 g/mol. The highest BCUT2D eigenvalue weighted by molar-refractivity contribution is 5.36. The molecule has 0 amide bonds. The SMILES string of the molecule is COc1cccc(C(C)(O)c2cnnn2C)c1. The van der Waals surface area contributed by atoms with Gasteiger partial charge in [0.05, 0.1) is 19.0 Å². The lowest BCUT2D eigenvalue weighted by Crippen LogP contribution is -2.26. The van der Waals surface area contributed by atoms with Gasteiger partial charge in [-0.15, -0.1) is 5.10 Å². The molecule has 2 aromatic rings. The maximum absolute atomic E-state index is 10.6. The smallest absolute Gasteiger partial charge is 0.130 e. The number of methoxy groups -OCH3 is 1. The van der Waals surface area contributed by atoms with E-state index in [2.05, 4.69) is 10.3 Å². The van der Waals surface area contributed by atoms with Crippen molar-refractivity contribution in [2.24, 2.45) is 7.05 Å². The van der Waals surface area contributed by atoms with Crippen molar-refractivity contribution in [2.45, 2.75) is 12.5 Å². The minimum absolute atomic E-state index is 0.630. The van der Waals surface area contributed by atoms with Crippen molar-refractivity contribution in [3.05, 3.63) is 41.7 Å². The summed E-state index contributed by atoms with van der Waals surface area (Å²) in [5.41, 5.74) is 0.222. The monoisotopic (exact) mass is 233 g/mol. The van der Waals surface area contributed by atoms with Crippen LogP contribution >= 0.6 is 0 Å². The third kappa shape index (κ3) is 2.01. The largest absolute Gasteiger partial charge is 0.497 e. The molecule has 0 radical (unpaired) electrons. The summed E-state index contributed by atoms with van der Waals surface area (Å²) in [6, 6.07) is 7.32. The molecule has 5 nitrogen and oxygen atoms in total. The van der Waals surface area contributed by atoms with Crippen LogP contribution in [0.15, 0.2) is 30.5 Å². The van der Waals surface area contributed by atoms with Crippen LogP contribution in [0.25, 0.3) is 0 Å². The van der Waals surface area contributed by atoms with Crippen molar-refractivity contribution >= 4 is 0 Å². The predicted octanol–water partition coefficient (Wildman–Crippen LogP) is 1.08. The second kappa shape index (κ2) is 4.18. The average Bonchev–Trinajstić information content (AvgIpc) is 2.76. The van der Waals surface area contributed by atoms with Crippen molar-refractivity contribution in [3.8, 4) is 5.75 Å². The van der Waals surface area contributed by atoms with Gasteiger partial charge >= 0.3 is 0 Å². The van der Waals surface area contributed by atoms with E-state index in [1.807, 2.05) is 18.2 Å². The molecule has 5 heteroatoms. The van der Waals surface area contributed by atoms with Crippen LogP contribution in [0.2, 0.25) is 0 Å². The molecule has 1 atom stereocenters. The predicted molar refractivity (Wildman–Crippen MR) is 62.7 cm³/mol. The van der Waals surface area contributed by atoms with Gasteiger partial charge in [0.25, 0.3) is 0 Å². The molecule has 0 fully saturated rings. The highest BCUT2D eigenvalue weighted by Crippen LogP contribution is 2.29. The van der Waals surface area contributed by atoms with E-state index in [0.717, 1.165) is 5.56 Å². The van der Waals surface area contributed by atoms with Gasteiger partial charge in [-0.25, -0.2) is 4.68 Å². The summed E-state index contributed by atoms with van der Waals surface area (Å²) < 4.78 is 6.70. The molecule has 1 unspecified atom stereocenters. The van der Waals surface area contributed by atoms with E-state index in [9.17, 15) is 5.11 Å². The van der Waals surface area contributed by atoms with E-state index in [1.54, 1.807) is 38.0 Å². The number of aliphatic hydroxyl groups is 1. The first kappa shape index (κ1) is 11.6. The Morgan fingerprint density at radius 3 is 2.76 bits per heavy atom. The summed E-state index contributed by atoms with van der Waals surface area (Å²) in [5.74, 6) is 0.706. The molecule has 0 aliphatic heterocycles. The first-order valence-corrected chi connectivity index (χ1v) is 5.28. The number of aryl methyl sites for hydroxylation is 1.